The highest BCUT2D eigenvalue weighted by atomic mass is 127. The first-order valence-electron chi connectivity index (χ1n) is 5.35. The van der Waals surface area contributed by atoms with E-state index in [-0.39, 0.29) is 5.82 Å². The molecular weight excluding hydrogens is 410 g/mol. The van der Waals surface area contributed by atoms with Crippen molar-refractivity contribution in [3.05, 3.63) is 61.9 Å². The zero-order chi connectivity index (χ0) is 13.0. The summed E-state index contributed by atoms with van der Waals surface area (Å²) in [6.45, 7) is 0.553. The second-order valence-corrected chi connectivity index (χ2v) is 5.61. The minimum atomic E-state index is -0.213. The summed E-state index contributed by atoms with van der Waals surface area (Å²) in [6.07, 6.45) is 0. The molecular formula is C13H11BrFIN2. The van der Waals surface area contributed by atoms with Crippen molar-refractivity contribution in [3.8, 4) is 0 Å². The zero-order valence-electron chi connectivity index (χ0n) is 9.38. The summed E-state index contributed by atoms with van der Waals surface area (Å²) in [7, 11) is 0. The maximum atomic E-state index is 13.6. The molecule has 18 heavy (non-hydrogen) atoms. The number of hydrazine groups is 1. The highest BCUT2D eigenvalue weighted by molar-refractivity contribution is 14.1. The number of anilines is 1. The van der Waals surface area contributed by atoms with Crippen molar-refractivity contribution in [3.63, 3.8) is 0 Å². The van der Waals surface area contributed by atoms with Gasteiger partial charge in [0.25, 0.3) is 0 Å². The van der Waals surface area contributed by atoms with Gasteiger partial charge < -0.3 is 5.43 Å². The number of nitrogens with one attached hydrogen (secondary N) is 2. The second kappa shape index (κ2) is 6.49. The van der Waals surface area contributed by atoms with Crippen molar-refractivity contribution in [1.82, 2.24) is 5.43 Å². The Labute approximate surface area is 127 Å². The van der Waals surface area contributed by atoms with Crippen LogP contribution in [-0.2, 0) is 6.54 Å². The van der Waals surface area contributed by atoms with E-state index in [0.717, 1.165) is 11.3 Å². The number of hydrogen-bond acceptors (Lipinski definition) is 2. The molecule has 2 aromatic rings. The molecule has 2 nitrogen and oxygen atoms in total. The standard InChI is InChI=1S/C13H11BrFIN2/c14-11-7-6-9(13(16)12(11)15)8-17-18-10-4-2-1-3-5-10/h1-7,17-18H,8H2. The van der Waals surface area contributed by atoms with Crippen LogP contribution < -0.4 is 10.9 Å². The molecule has 0 saturated carbocycles. The monoisotopic (exact) mass is 420 g/mol. The van der Waals surface area contributed by atoms with E-state index in [9.17, 15) is 4.39 Å². The van der Waals surface area contributed by atoms with Crippen LogP contribution in [-0.4, -0.2) is 0 Å². The topological polar surface area (TPSA) is 24.1 Å². The average Bonchev–Trinajstić information content (AvgIpc) is 2.40. The third-order valence-corrected chi connectivity index (χ3v) is 4.18. The van der Waals surface area contributed by atoms with Crippen molar-refractivity contribution in [2.45, 2.75) is 6.54 Å². The van der Waals surface area contributed by atoms with Crippen molar-refractivity contribution in [2.24, 2.45) is 0 Å². The molecule has 0 unspecified atom stereocenters. The number of halogens is 3. The van der Waals surface area contributed by atoms with Gasteiger partial charge in [0, 0.05) is 12.2 Å². The SMILES string of the molecule is Fc1c(Br)ccc(CNNc2ccccc2)c1I. The summed E-state index contributed by atoms with van der Waals surface area (Å²) in [5.41, 5.74) is 8.03. The molecule has 2 aromatic carbocycles. The van der Waals surface area contributed by atoms with Crippen LogP contribution >= 0.6 is 38.5 Å². The molecule has 94 valence electrons. The molecule has 0 aliphatic heterocycles. The minimum Gasteiger partial charge on any atom is -0.321 e. The summed E-state index contributed by atoms with van der Waals surface area (Å²) in [5, 5.41) is 0. The fraction of sp³-hybridized carbons (Fsp3) is 0.0769. The first-order valence-corrected chi connectivity index (χ1v) is 7.22. The van der Waals surface area contributed by atoms with E-state index in [4.69, 9.17) is 0 Å². The van der Waals surface area contributed by atoms with Gasteiger partial charge in [-0.05, 0) is 62.3 Å². The predicted octanol–water partition coefficient (Wildman–Crippen LogP) is 4.31. The van der Waals surface area contributed by atoms with Gasteiger partial charge in [-0.2, -0.15) is 0 Å². The molecule has 0 bridgehead atoms. The van der Waals surface area contributed by atoms with Gasteiger partial charge in [-0.25, -0.2) is 9.82 Å². The van der Waals surface area contributed by atoms with Crippen molar-refractivity contribution >= 4 is 44.2 Å². The largest absolute Gasteiger partial charge is 0.321 e. The summed E-state index contributed by atoms with van der Waals surface area (Å²) >= 11 is 5.18. The quantitative estimate of drug-likeness (QED) is 0.437. The number of rotatable bonds is 4. The van der Waals surface area contributed by atoms with E-state index in [1.165, 1.54) is 0 Å². The van der Waals surface area contributed by atoms with Crippen molar-refractivity contribution < 1.29 is 4.39 Å². The molecule has 0 aliphatic rings. The lowest BCUT2D eigenvalue weighted by Gasteiger charge is -2.10. The fourth-order valence-corrected chi connectivity index (χ4v) is 2.83. The number of hydrogen-bond donors (Lipinski definition) is 2. The van der Waals surface area contributed by atoms with Gasteiger partial charge in [0.05, 0.1) is 8.04 Å². The lowest BCUT2D eigenvalue weighted by Crippen LogP contribution is -2.21. The first kappa shape index (κ1) is 13.8. The number of para-hydroxylation sites is 1. The molecule has 2 rings (SSSR count). The Morgan fingerprint density at radius 3 is 2.56 bits per heavy atom. The Morgan fingerprint density at radius 2 is 1.83 bits per heavy atom. The molecule has 0 fully saturated rings. The fourth-order valence-electron chi connectivity index (χ4n) is 1.47. The van der Waals surface area contributed by atoms with Crippen LogP contribution in [0.2, 0.25) is 0 Å². The molecule has 0 aromatic heterocycles. The maximum Gasteiger partial charge on any atom is 0.151 e. The molecule has 0 amide bonds. The van der Waals surface area contributed by atoms with Crippen LogP contribution in [0.25, 0.3) is 0 Å². The summed E-state index contributed by atoms with van der Waals surface area (Å²) in [6, 6.07) is 13.4. The van der Waals surface area contributed by atoms with Crippen LogP contribution in [0.1, 0.15) is 5.56 Å². The van der Waals surface area contributed by atoms with Crippen LogP contribution in [0.15, 0.2) is 46.9 Å². The molecule has 0 aliphatic carbocycles. The lowest BCUT2D eigenvalue weighted by molar-refractivity contribution is 0.608. The van der Waals surface area contributed by atoms with E-state index in [1.807, 2.05) is 59.0 Å². The maximum absolute atomic E-state index is 13.6. The molecule has 0 heterocycles. The van der Waals surface area contributed by atoms with Gasteiger partial charge in [-0.1, -0.05) is 24.3 Å². The summed E-state index contributed by atoms with van der Waals surface area (Å²) < 4.78 is 14.8. The first-order chi connectivity index (χ1) is 8.68. The molecule has 5 heteroatoms. The third kappa shape index (κ3) is 3.43. The Kier molecular flexibility index (Phi) is 4.96. The molecule has 0 saturated heterocycles. The van der Waals surface area contributed by atoms with Gasteiger partial charge in [0.15, 0.2) is 5.82 Å². The second-order valence-electron chi connectivity index (χ2n) is 3.68. The summed E-state index contributed by atoms with van der Waals surface area (Å²) in [4.78, 5) is 0. The lowest BCUT2D eigenvalue weighted by atomic mass is 10.2. The van der Waals surface area contributed by atoms with E-state index >= 15 is 0 Å². The van der Waals surface area contributed by atoms with Crippen molar-refractivity contribution in [2.75, 3.05) is 5.43 Å². The van der Waals surface area contributed by atoms with Gasteiger partial charge in [0.2, 0.25) is 0 Å². The molecule has 2 N–H and O–H groups in total. The highest BCUT2D eigenvalue weighted by Crippen LogP contribution is 2.23. The molecule has 0 atom stereocenters. The average molecular weight is 421 g/mol. The molecule has 0 spiro atoms. The Bertz CT molecular complexity index is 534. The van der Waals surface area contributed by atoms with Gasteiger partial charge in [-0.3, -0.25) is 0 Å². The van der Waals surface area contributed by atoms with Gasteiger partial charge in [0.1, 0.15) is 0 Å². The Hall–Kier alpha value is -0.660. The predicted molar refractivity (Wildman–Crippen MR) is 83.7 cm³/mol. The van der Waals surface area contributed by atoms with Crippen LogP contribution in [0, 0.1) is 9.39 Å². The van der Waals surface area contributed by atoms with Crippen molar-refractivity contribution in [1.29, 1.82) is 0 Å². The van der Waals surface area contributed by atoms with E-state index in [2.05, 4.69) is 26.8 Å². The Balaban J connectivity index is 1.97. The van der Waals surface area contributed by atoms with Crippen LogP contribution in [0.4, 0.5) is 10.1 Å². The van der Waals surface area contributed by atoms with E-state index in [1.54, 1.807) is 6.07 Å². The van der Waals surface area contributed by atoms with E-state index in [0.29, 0.717) is 14.6 Å². The minimum absolute atomic E-state index is 0.213. The third-order valence-electron chi connectivity index (χ3n) is 2.40. The number of benzene rings is 2. The van der Waals surface area contributed by atoms with Crippen LogP contribution in [0.5, 0.6) is 0 Å². The van der Waals surface area contributed by atoms with Crippen LogP contribution in [0.3, 0.4) is 0 Å². The Morgan fingerprint density at radius 1 is 1.11 bits per heavy atom. The van der Waals surface area contributed by atoms with Gasteiger partial charge in [-0.15, -0.1) is 0 Å². The van der Waals surface area contributed by atoms with E-state index < -0.39 is 0 Å². The summed E-state index contributed by atoms with van der Waals surface area (Å²) in [5.74, 6) is -0.213. The zero-order valence-corrected chi connectivity index (χ0v) is 13.1. The van der Waals surface area contributed by atoms with Gasteiger partial charge >= 0.3 is 0 Å². The highest BCUT2D eigenvalue weighted by Gasteiger charge is 2.08. The smallest absolute Gasteiger partial charge is 0.151 e. The molecule has 0 radical (unpaired) electrons. The normalized spacial score (nSPS) is 10.4.